The van der Waals surface area contributed by atoms with Gasteiger partial charge in [-0.3, -0.25) is 33.6 Å². The zero-order valence-corrected chi connectivity index (χ0v) is 25.2. The molecule has 6 atom stereocenters. The van der Waals surface area contributed by atoms with E-state index in [4.69, 9.17) is 18.2 Å². The minimum atomic E-state index is -3.50. The predicted octanol–water partition coefficient (Wildman–Crippen LogP) is 2.17. The maximum Gasteiger partial charge on any atom is 0.317 e. The quantitative estimate of drug-likeness (QED) is 0.230. The Labute approximate surface area is 221 Å². The molecule has 4 N–H and O–H groups in total. The van der Waals surface area contributed by atoms with Crippen molar-refractivity contribution in [2.75, 3.05) is 11.9 Å². The van der Waals surface area contributed by atoms with Gasteiger partial charge >= 0.3 is 16.5 Å². The lowest BCUT2D eigenvalue weighted by molar-refractivity contribution is -0.118. The number of carbonyl (C=O) groups excluding carboxylic acids is 1. The maximum atomic E-state index is 12.7. The van der Waals surface area contributed by atoms with Gasteiger partial charge in [-0.25, -0.2) is 4.98 Å². The number of anilines is 1. The lowest BCUT2D eigenvalue weighted by Crippen LogP contribution is -2.49. The number of amides is 1. The first kappa shape index (κ1) is 30.8. The number of imidazole rings is 1. The van der Waals surface area contributed by atoms with E-state index in [2.05, 4.69) is 20.3 Å². The number of H-pyrrole nitrogens is 1. The highest BCUT2D eigenvalue weighted by atomic mass is 31.1. The molecule has 1 amide bonds. The molecule has 1 fully saturated rings. The molecule has 0 saturated carbocycles. The van der Waals surface area contributed by atoms with E-state index in [1.165, 1.54) is 10.9 Å². The summed E-state index contributed by atoms with van der Waals surface area (Å²) in [5, 5.41) is 2.26. The lowest BCUT2D eigenvalue weighted by atomic mass is 10.1. The molecule has 6 unspecified atom stereocenters. The van der Waals surface area contributed by atoms with Crippen LogP contribution in [0, 0.1) is 5.92 Å². The van der Waals surface area contributed by atoms with Crippen molar-refractivity contribution in [2.24, 2.45) is 5.92 Å². The van der Waals surface area contributed by atoms with E-state index < -0.39 is 61.5 Å². The summed E-state index contributed by atoms with van der Waals surface area (Å²) in [7, 11) is -9.43. The third kappa shape index (κ3) is 6.87. The first-order valence-corrected chi connectivity index (χ1v) is 17.3. The second-order valence-corrected chi connectivity index (χ2v) is 17.1. The Morgan fingerprint density at radius 2 is 1.92 bits per heavy atom. The SMILES string of the molecule is CC(C)C(=O)Nc1nc2c(ncn2C2OC(CO[PH](=O)O)C(O[PH](=O)O)C2O[Si](C)(C)C(C)(C)C)c(=O)[nH]1. The van der Waals surface area contributed by atoms with Crippen molar-refractivity contribution < 1.29 is 41.9 Å². The van der Waals surface area contributed by atoms with Gasteiger partial charge in [0.25, 0.3) is 5.56 Å². The summed E-state index contributed by atoms with van der Waals surface area (Å²) in [6.45, 7) is 12.9. The summed E-state index contributed by atoms with van der Waals surface area (Å²) in [5.74, 6) is -0.844. The summed E-state index contributed by atoms with van der Waals surface area (Å²) in [6, 6.07) is 0. The molecule has 214 valence electrons. The van der Waals surface area contributed by atoms with Crippen LogP contribution in [0.4, 0.5) is 5.95 Å². The van der Waals surface area contributed by atoms with Crippen molar-refractivity contribution in [2.45, 2.75) is 77.3 Å². The zero-order valence-electron chi connectivity index (χ0n) is 22.2. The van der Waals surface area contributed by atoms with Crippen LogP contribution in [0.1, 0.15) is 40.8 Å². The second kappa shape index (κ2) is 11.8. The number of hydrogen-bond donors (Lipinski definition) is 4. The molecule has 15 nitrogen and oxygen atoms in total. The van der Waals surface area contributed by atoms with E-state index in [1.54, 1.807) is 13.8 Å². The van der Waals surface area contributed by atoms with Crippen molar-refractivity contribution in [1.29, 1.82) is 0 Å². The first-order valence-electron chi connectivity index (χ1n) is 11.9. The van der Waals surface area contributed by atoms with Crippen molar-refractivity contribution in [3.63, 3.8) is 0 Å². The largest absolute Gasteiger partial charge is 0.407 e. The molecule has 3 rings (SSSR count). The van der Waals surface area contributed by atoms with Gasteiger partial charge in [0.2, 0.25) is 11.9 Å². The minimum absolute atomic E-state index is 0.0458. The fraction of sp³-hybridized carbons (Fsp3) is 0.700. The summed E-state index contributed by atoms with van der Waals surface area (Å²) < 4.78 is 47.4. The van der Waals surface area contributed by atoms with Gasteiger partial charge in [-0.15, -0.1) is 0 Å². The molecule has 18 heteroatoms. The topological polar surface area (TPSA) is 204 Å². The number of aromatic amines is 1. The van der Waals surface area contributed by atoms with E-state index in [0.29, 0.717) is 0 Å². The van der Waals surface area contributed by atoms with Crippen LogP contribution >= 0.6 is 16.5 Å². The molecule has 1 aliphatic rings. The third-order valence-electron chi connectivity index (χ3n) is 6.60. The molecule has 0 aromatic carbocycles. The number of rotatable bonds is 10. The van der Waals surface area contributed by atoms with Crippen LogP contribution in [-0.4, -0.2) is 68.4 Å². The molecule has 3 heterocycles. The number of aromatic nitrogens is 4. The number of nitrogens with one attached hydrogen (secondary N) is 2. The summed E-state index contributed by atoms with van der Waals surface area (Å²) in [4.78, 5) is 54.7. The summed E-state index contributed by atoms with van der Waals surface area (Å²) in [5.41, 5.74) is -0.607. The standard InChI is InChI=1S/C20H35N5O10P2Si/c1-10(2)16(26)23-19-22-15-12(17(27)24-19)21-9-25(15)18-14(35-38(6,7)20(3,4)5)13(34-37(30)31)11(33-18)8-32-36(28)29/h9-11,13-14,18,36-37H,8H2,1-7H3,(H,28,29)(H,30,31)(H2,22,23,24,26,27). The maximum absolute atomic E-state index is 12.7. The second-order valence-electron chi connectivity index (χ2n) is 10.7. The van der Waals surface area contributed by atoms with Crippen LogP contribution in [0.25, 0.3) is 11.2 Å². The molecule has 38 heavy (non-hydrogen) atoms. The van der Waals surface area contributed by atoms with Crippen molar-refractivity contribution in [1.82, 2.24) is 19.5 Å². The Hall–Kier alpha value is -1.74. The highest BCUT2D eigenvalue weighted by Crippen LogP contribution is 2.45. The first-order chi connectivity index (χ1) is 17.5. The molecule has 2 aromatic heterocycles. The van der Waals surface area contributed by atoms with Crippen LogP contribution in [-0.2, 0) is 32.1 Å². The van der Waals surface area contributed by atoms with Crippen LogP contribution in [0.5, 0.6) is 0 Å². The monoisotopic (exact) mass is 595 g/mol. The predicted molar refractivity (Wildman–Crippen MR) is 141 cm³/mol. The number of ether oxygens (including phenoxy) is 1. The molecule has 0 aliphatic carbocycles. The van der Waals surface area contributed by atoms with Crippen LogP contribution < -0.4 is 10.9 Å². The van der Waals surface area contributed by atoms with Gasteiger partial charge < -0.3 is 28.0 Å². The van der Waals surface area contributed by atoms with E-state index in [0.717, 1.165) is 0 Å². The highest BCUT2D eigenvalue weighted by Gasteiger charge is 2.52. The molecule has 0 spiro atoms. The van der Waals surface area contributed by atoms with Crippen LogP contribution in [0.15, 0.2) is 11.1 Å². The third-order valence-corrected chi connectivity index (χ3v) is 12.0. The van der Waals surface area contributed by atoms with Crippen molar-refractivity contribution in [3.05, 3.63) is 16.7 Å². The summed E-state index contributed by atoms with van der Waals surface area (Å²) >= 11 is 0. The molecule has 0 bridgehead atoms. The number of nitrogens with zero attached hydrogens (tertiary/aromatic N) is 3. The Morgan fingerprint density at radius 3 is 2.47 bits per heavy atom. The van der Waals surface area contributed by atoms with Gasteiger partial charge in [-0.2, -0.15) is 4.98 Å². The van der Waals surface area contributed by atoms with E-state index >= 15 is 0 Å². The van der Waals surface area contributed by atoms with Crippen molar-refractivity contribution >= 4 is 47.8 Å². The number of hydrogen-bond acceptors (Lipinski definition) is 10. The zero-order chi connectivity index (χ0) is 28.6. The Morgan fingerprint density at radius 1 is 1.26 bits per heavy atom. The van der Waals surface area contributed by atoms with Gasteiger partial charge in [-0.05, 0) is 18.1 Å². The lowest BCUT2D eigenvalue weighted by Gasteiger charge is -2.40. The normalized spacial score (nSPS) is 24.2. The van der Waals surface area contributed by atoms with Gasteiger partial charge in [0.15, 0.2) is 25.7 Å². The van der Waals surface area contributed by atoms with Crippen LogP contribution in [0.2, 0.25) is 18.1 Å². The molecule has 2 aromatic rings. The fourth-order valence-corrected chi connectivity index (χ4v) is 5.66. The summed E-state index contributed by atoms with van der Waals surface area (Å²) in [6.07, 6.45) is -3.06. The highest BCUT2D eigenvalue weighted by molar-refractivity contribution is 7.32. The van der Waals surface area contributed by atoms with E-state index in [1.807, 2.05) is 33.9 Å². The van der Waals surface area contributed by atoms with Crippen LogP contribution in [0.3, 0.4) is 0 Å². The Balaban J connectivity index is 2.13. The molecule has 1 aliphatic heterocycles. The average Bonchev–Trinajstić information content (AvgIpc) is 3.33. The molecular formula is C20H35N5O10P2Si. The molecule has 1 saturated heterocycles. The number of carbonyl (C=O) groups is 1. The van der Waals surface area contributed by atoms with E-state index in [9.17, 15) is 28.5 Å². The molecule has 0 radical (unpaired) electrons. The minimum Gasteiger partial charge on any atom is -0.407 e. The van der Waals surface area contributed by atoms with Gasteiger partial charge in [0.05, 0.1) is 12.9 Å². The fourth-order valence-electron chi connectivity index (χ4n) is 3.55. The van der Waals surface area contributed by atoms with E-state index in [-0.39, 0.29) is 34.0 Å². The van der Waals surface area contributed by atoms with Crippen molar-refractivity contribution in [3.8, 4) is 0 Å². The smallest absolute Gasteiger partial charge is 0.317 e. The Bertz CT molecular complexity index is 1280. The number of fused-ring (bicyclic) bond motifs is 1. The van der Waals surface area contributed by atoms with Gasteiger partial charge in [-0.1, -0.05) is 34.6 Å². The molecular weight excluding hydrogens is 560 g/mol. The average molecular weight is 596 g/mol. The van der Waals surface area contributed by atoms with Gasteiger partial charge in [0, 0.05) is 5.92 Å². The van der Waals surface area contributed by atoms with Gasteiger partial charge in [0.1, 0.15) is 18.3 Å². The Kier molecular flexibility index (Phi) is 9.55.